The molecule has 0 unspecified atom stereocenters. The lowest BCUT2D eigenvalue weighted by atomic mass is 10.2. The number of rotatable bonds is 3. The van der Waals surface area contributed by atoms with Crippen molar-refractivity contribution < 1.29 is 4.74 Å². The highest BCUT2D eigenvalue weighted by molar-refractivity contribution is 9.10. The highest BCUT2D eigenvalue weighted by atomic mass is 79.9. The zero-order chi connectivity index (χ0) is 13.4. The van der Waals surface area contributed by atoms with Crippen molar-refractivity contribution in [3.63, 3.8) is 0 Å². The van der Waals surface area contributed by atoms with E-state index in [0.29, 0.717) is 28.5 Å². The Labute approximate surface area is 123 Å². The molecule has 3 rings (SSSR count). The van der Waals surface area contributed by atoms with Crippen molar-refractivity contribution in [1.82, 2.24) is 20.2 Å². The fourth-order valence-corrected chi connectivity index (χ4v) is 2.40. The van der Waals surface area contributed by atoms with Crippen LogP contribution in [0.4, 0.5) is 0 Å². The topological polar surface area (TPSA) is 60.8 Å². The first kappa shape index (κ1) is 12.7. The summed E-state index contributed by atoms with van der Waals surface area (Å²) in [5.41, 5.74) is 1.53. The van der Waals surface area contributed by atoms with Gasteiger partial charge in [0.25, 0.3) is 0 Å². The van der Waals surface area contributed by atoms with E-state index in [0.717, 1.165) is 23.0 Å². The van der Waals surface area contributed by atoms with E-state index in [1.165, 1.54) is 0 Å². The molecule has 0 amide bonds. The molecule has 0 radical (unpaired) electrons. The minimum Gasteiger partial charge on any atom is -0.480 e. The second kappa shape index (κ2) is 5.02. The van der Waals surface area contributed by atoms with E-state index in [4.69, 9.17) is 16.3 Å². The molecule has 98 valence electrons. The lowest BCUT2D eigenvalue weighted by Crippen LogP contribution is -2.00. The minimum absolute atomic E-state index is 0.407. The van der Waals surface area contributed by atoms with Crippen molar-refractivity contribution in [3.05, 3.63) is 27.5 Å². The smallest absolute Gasteiger partial charge is 0.233 e. The van der Waals surface area contributed by atoms with Crippen LogP contribution in [0.3, 0.4) is 0 Å². The summed E-state index contributed by atoms with van der Waals surface area (Å²) < 4.78 is 5.75. The van der Waals surface area contributed by atoms with Gasteiger partial charge in [-0.1, -0.05) is 11.6 Å². The third kappa shape index (κ3) is 2.55. The van der Waals surface area contributed by atoms with Crippen molar-refractivity contribution in [2.75, 3.05) is 7.11 Å². The number of ether oxygens (including phenoxy) is 1. The van der Waals surface area contributed by atoms with E-state index < -0.39 is 0 Å². The van der Waals surface area contributed by atoms with Gasteiger partial charge in [-0.05, 0) is 34.8 Å². The molecule has 5 nitrogen and oxygen atoms in total. The van der Waals surface area contributed by atoms with E-state index in [1.54, 1.807) is 19.2 Å². The van der Waals surface area contributed by atoms with Gasteiger partial charge in [0.1, 0.15) is 10.8 Å². The first-order valence-electron chi connectivity index (χ1n) is 5.80. The summed E-state index contributed by atoms with van der Waals surface area (Å²) in [7, 11) is 1.54. The van der Waals surface area contributed by atoms with Crippen LogP contribution in [-0.2, 0) is 0 Å². The Hall–Kier alpha value is -1.27. The highest BCUT2D eigenvalue weighted by Gasteiger charge is 2.29. The average molecular weight is 342 g/mol. The fraction of sp³-hybridized carbons (Fsp3) is 0.333. The summed E-state index contributed by atoms with van der Waals surface area (Å²) in [6.45, 7) is 0. The van der Waals surface area contributed by atoms with Gasteiger partial charge in [0.15, 0.2) is 5.82 Å². The quantitative estimate of drug-likeness (QED) is 0.802. The first-order valence-corrected chi connectivity index (χ1v) is 6.97. The monoisotopic (exact) mass is 340 g/mol. The SMILES string of the molecule is COc1ccc(-c2nc(Cl)c(Br)c(C3CC3)n2)nn1. The molecular weight excluding hydrogens is 332 g/mol. The van der Waals surface area contributed by atoms with E-state index in [9.17, 15) is 0 Å². The predicted octanol–water partition coefficient (Wildman–Crippen LogP) is 3.24. The molecule has 7 heteroatoms. The molecule has 0 aromatic carbocycles. The molecule has 1 aliphatic carbocycles. The maximum atomic E-state index is 6.13. The third-order valence-corrected chi connectivity index (χ3v) is 4.16. The Bertz CT molecular complexity index is 616. The Kier molecular flexibility index (Phi) is 3.36. The third-order valence-electron chi connectivity index (χ3n) is 2.88. The lowest BCUT2D eigenvalue weighted by Gasteiger charge is -2.06. The second-order valence-corrected chi connectivity index (χ2v) is 5.42. The van der Waals surface area contributed by atoms with Crippen molar-refractivity contribution in [3.8, 4) is 17.4 Å². The molecule has 0 spiro atoms. The van der Waals surface area contributed by atoms with Gasteiger partial charge in [0, 0.05) is 12.0 Å². The summed E-state index contributed by atoms with van der Waals surface area (Å²) in [5, 5.41) is 8.35. The molecule has 0 N–H and O–H groups in total. The number of methoxy groups -OCH3 is 1. The van der Waals surface area contributed by atoms with Crippen molar-refractivity contribution >= 4 is 27.5 Å². The molecule has 0 atom stereocenters. The summed E-state index contributed by atoms with van der Waals surface area (Å²) in [4.78, 5) is 8.77. The van der Waals surface area contributed by atoms with Crippen LogP contribution in [0.25, 0.3) is 11.5 Å². The molecule has 2 heterocycles. The molecule has 1 aliphatic rings. The molecular formula is C12H10BrClN4O. The second-order valence-electron chi connectivity index (χ2n) is 4.27. The number of nitrogens with zero attached hydrogens (tertiary/aromatic N) is 4. The van der Waals surface area contributed by atoms with E-state index in [1.807, 2.05) is 0 Å². The normalized spacial score (nSPS) is 14.5. The maximum Gasteiger partial charge on any atom is 0.233 e. The van der Waals surface area contributed by atoms with Crippen LogP contribution in [0.2, 0.25) is 5.15 Å². The van der Waals surface area contributed by atoms with Crippen LogP contribution in [0.5, 0.6) is 5.88 Å². The van der Waals surface area contributed by atoms with E-state index >= 15 is 0 Å². The summed E-state index contributed by atoms with van der Waals surface area (Å²) in [5.74, 6) is 1.42. The van der Waals surface area contributed by atoms with Gasteiger partial charge >= 0.3 is 0 Å². The molecule has 2 aromatic heterocycles. The van der Waals surface area contributed by atoms with Crippen LogP contribution in [0.1, 0.15) is 24.5 Å². The molecule has 2 aromatic rings. The largest absolute Gasteiger partial charge is 0.480 e. The Morgan fingerprint density at radius 1 is 1.26 bits per heavy atom. The Morgan fingerprint density at radius 2 is 2.05 bits per heavy atom. The minimum atomic E-state index is 0.407. The standard InChI is InChI=1S/C12H10BrClN4O/c1-19-8-5-4-7(17-18-8)12-15-10(6-2-3-6)9(13)11(14)16-12/h4-6H,2-3H2,1H3. The molecule has 19 heavy (non-hydrogen) atoms. The lowest BCUT2D eigenvalue weighted by molar-refractivity contribution is 0.392. The number of aromatic nitrogens is 4. The number of halogens is 2. The zero-order valence-electron chi connectivity index (χ0n) is 10.1. The Morgan fingerprint density at radius 3 is 2.63 bits per heavy atom. The first-order chi connectivity index (χ1) is 9.19. The van der Waals surface area contributed by atoms with Gasteiger partial charge < -0.3 is 4.74 Å². The zero-order valence-corrected chi connectivity index (χ0v) is 12.4. The van der Waals surface area contributed by atoms with Gasteiger partial charge in [0.2, 0.25) is 5.88 Å². The predicted molar refractivity (Wildman–Crippen MR) is 74.3 cm³/mol. The van der Waals surface area contributed by atoms with Gasteiger partial charge in [-0.3, -0.25) is 0 Å². The molecule has 0 aliphatic heterocycles. The number of hydrogen-bond acceptors (Lipinski definition) is 5. The average Bonchev–Trinajstić information content (AvgIpc) is 3.26. The Balaban J connectivity index is 2.03. The van der Waals surface area contributed by atoms with Gasteiger partial charge in [-0.2, -0.15) is 0 Å². The van der Waals surface area contributed by atoms with Crippen molar-refractivity contribution in [2.45, 2.75) is 18.8 Å². The van der Waals surface area contributed by atoms with Gasteiger partial charge in [-0.15, -0.1) is 10.2 Å². The van der Waals surface area contributed by atoms with E-state index in [2.05, 4.69) is 36.1 Å². The molecule has 0 saturated heterocycles. The van der Waals surface area contributed by atoms with Crippen LogP contribution in [0, 0.1) is 0 Å². The summed E-state index contributed by atoms with van der Waals surface area (Å²) in [6.07, 6.45) is 2.28. The molecule has 1 fully saturated rings. The van der Waals surface area contributed by atoms with Crippen LogP contribution >= 0.6 is 27.5 Å². The van der Waals surface area contributed by atoms with Crippen LogP contribution in [0.15, 0.2) is 16.6 Å². The summed E-state index contributed by atoms with van der Waals surface area (Å²) >= 11 is 9.57. The van der Waals surface area contributed by atoms with Crippen LogP contribution < -0.4 is 4.74 Å². The molecule has 0 bridgehead atoms. The summed E-state index contributed by atoms with van der Waals surface area (Å²) in [6, 6.07) is 3.49. The van der Waals surface area contributed by atoms with Crippen LogP contribution in [-0.4, -0.2) is 27.3 Å². The highest BCUT2D eigenvalue weighted by Crippen LogP contribution is 2.44. The molecule has 1 saturated carbocycles. The van der Waals surface area contributed by atoms with Crippen molar-refractivity contribution in [2.24, 2.45) is 0 Å². The van der Waals surface area contributed by atoms with E-state index in [-0.39, 0.29) is 0 Å². The number of hydrogen-bond donors (Lipinski definition) is 0. The van der Waals surface area contributed by atoms with Gasteiger partial charge in [0.05, 0.1) is 17.3 Å². The van der Waals surface area contributed by atoms with Crippen molar-refractivity contribution in [1.29, 1.82) is 0 Å². The van der Waals surface area contributed by atoms with Gasteiger partial charge in [-0.25, -0.2) is 9.97 Å². The fourth-order valence-electron chi connectivity index (χ4n) is 1.73. The maximum absolute atomic E-state index is 6.13.